The lowest BCUT2D eigenvalue weighted by atomic mass is 10.2. The molecule has 0 unspecified atom stereocenters. The Morgan fingerprint density at radius 1 is 1.54 bits per heavy atom. The maximum Gasteiger partial charge on any atom is 0.182 e. The molecule has 0 saturated heterocycles. The van der Waals surface area contributed by atoms with Gasteiger partial charge >= 0.3 is 0 Å². The molecule has 0 saturated carbocycles. The number of rotatable bonds is 2. The summed E-state index contributed by atoms with van der Waals surface area (Å²) in [4.78, 5) is 0. The molecule has 0 aliphatic heterocycles. The van der Waals surface area contributed by atoms with Crippen LogP contribution in [0, 0.1) is 12.3 Å². The number of thiocarbonyl (C=S) groups is 1. The highest BCUT2D eigenvalue weighted by Gasteiger charge is 1.91. The summed E-state index contributed by atoms with van der Waals surface area (Å²) >= 11 is 4.62. The average Bonchev–Trinajstić information content (AvgIpc) is 2.15. The van der Waals surface area contributed by atoms with Crippen molar-refractivity contribution >= 4 is 23.0 Å². The number of anilines is 1. The highest BCUT2D eigenvalue weighted by molar-refractivity contribution is 7.80. The Balaban J connectivity index is 2.68. The summed E-state index contributed by atoms with van der Waals surface area (Å²) < 4.78 is 0. The van der Waals surface area contributed by atoms with E-state index in [-0.39, 0.29) is 5.11 Å². The van der Waals surface area contributed by atoms with Crippen molar-refractivity contribution in [2.45, 2.75) is 0 Å². The molecule has 1 aromatic carbocycles. The third-order valence-corrected chi connectivity index (χ3v) is 1.46. The van der Waals surface area contributed by atoms with Gasteiger partial charge in [-0.25, -0.2) is 0 Å². The highest BCUT2D eigenvalue weighted by Crippen LogP contribution is 2.07. The number of hydrazine groups is 1. The van der Waals surface area contributed by atoms with Crippen LogP contribution in [-0.2, 0) is 0 Å². The van der Waals surface area contributed by atoms with Crippen LogP contribution in [0.1, 0.15) is 5.56 Å². The summed E-state index contributed by atoms with van der Waals surface area (Å²) in [6.07, 6.45) is 5.23. The molecule has 4 N–H and O–H groups in total. The van der Waals surface area contributed by atoms with Crippen molar-refractivity contribution in [2.75, 3.05) is 5.43 Å². The van der Waals surface area contributed by atoms with Crippen LogP contribution in [0.15, 0.2) is 24.3 Å². The van der Waals surface area contributed by atoms with Crippen molar-refractivity contribution in [1.29, 1.82) is 0 Å². The number of hydrogen-bond acceptors (Lipinski definition) is 2. The van der Waals surface area contributed by atoms with Gasteiger partial charge in [0.1, 0.15) is 0 Å². The molecule has 0 spiro atoms. The molecular formula is C9H9N3S. The number of benzene rings is 1. The molecule has 0 aliphatic rings. The molecule has 0 bridgehead atoms. The van der Waals surface area contributed by atoms with E-state index in [2.05, 4.69) is 29.0 Å². The molecule has 0 heterocycles. The van der Waals surface area contributed by atoms with Gasteiger partial charge in [0.05, 0.1) is 5.69 Å². The van der Waals surface area contributed by atoms with Crippen LogP contribution in [-0.4, -0.2) is 5.11 Å². The first-order chi connectivity index (χ1) is 6.22. The van der Waals surface area contributed by atoms with E-state index in [4.69, 9.17) is 12.2 Å². The van der Waals surface area contributed by atoms with Gasteiger partial charge in [-0.3, -0.25) is 10.9 Å². The number of hydrogen-bond donors (Lipinski definition) is 3. The van der Waals surface area contributed by atoms with E-state index in [1.807, 2.05) is 24.3 Å². The molecule has 0 atom stereocenters. The Hall–Kier alpha value is -1.73. The van der Waals surface area contributed by atoms with Crippen molar-refractivity contribution < 1.29 is 0 Å². The first-order valence-electron chi connectivity index (χ1n) is 3.60. The summed E-state index contributed by atoms with van der Waals surface area (Å²) in [7, 11) is 0. The Kier molecular flexibility index (Phi) is 3.12. The fraction of sp³-hybridized carbons (Fsp3) is 0. The standard InChI is InChI=1S/C9H9N3S/c1-2-7-4-3-5-8(6-7)11-12-9(10)13/h1,3-6,11H,(H3,10,12,13). The van der Waals surface area contributed by atoms with Crippen LogP contribution in [0.25, 0.3) is 0 Å². The summed E-state index contributed by atoms with van der Waals surface area (Å²) in [5.74, 6) is 2.52. The minimum atomic E-state index is 0.186. The minimum absolute atomic E-state index is 0.186. The first kappa shape index (κ1) is 9.36. The van der Waals surface area contributed by atoms with Crippen molar-refractivity contribution in [2.24, 2.45) is 5.73 Å². The number of nitrogens with one attached hydrogen (secondary N) is 2. The van der Waals surface area contributed by atoms with Gasteiger partial charge in [0.25, 0.3) is 0 Å². The van der Waals surface area contributed by atoms with E-state index < -0.39 is 0 Å². The van der Waals surface area contributed by atoms with Crippen LogP contribution in [0.5, 0.6) is 0 Å². The van der Waals surface area contributed by atoms with E-state index in [1.165, 1.54) is 0 Å². The lowest BCUT2D eigenvalue weighted by Gasteiger charge is -2.07. The van der Waals surface area contributed by atoms with E-state index in [0.29, 0.717) is 0 Å². The largest absolute Gasteiger partial charge is 0.375 e. The summed E-state index contributed by atoms with van der Waals surface area (Å²) in [6, 6.07) is 7.35. The Morgan fingerprint density at radius 2 is 2.31 bits per heavy atom. The molecular weight excluding hydrogens is 182 g/mol. The van der Waals surface area contributed by atoms with Crippen molar-refractivity contribution in [3.63, 3.8) is 0 Å². The van der Waals surface area contributed by atoms with Gasteiger partial charge in [-0.05, 0) is 30.4 Å². The molecule has 0 radical (unpaired) electrons. The second-order valence-electron chi connectivity index (χ2n) is 2.34. The number of nitrogens with two attached hydrogens (primary N) is 1. The quantitative estimate of drug-likeness (QED) is 0.368. The Morgan fingerprint density at radius 3 is 2.92 bits per heavy atom. The first-order valence-corrected chi connectivity index (χ1v) is 4.01. The van der Waals surface area contributed by atoms with E-state index >= 15 is 0 Å². The highest BCUT2D eigenvalue weighted by atomic mass is 32.1. The van der Waals surface area contributed by atoms with Crippen molar-refractivity contribution in [3.05, 3.63) is 29.8 Å². The molecule has 0 aromatic heterocycles. The summed E-state index contributed by atoms with van der Waals surface area (Å²) in [6.45, 7) is 0. The third kappa shape index (κ3) is 3.01. The molecule has 13 heavy (non-hydrogen) atoms. The van der Waals surface area contributed by atoms with Crippen LogP contribution in [0.3, 0.4) is 0 Å². The molecule has 1 aromatic rings. The molecule has 1 rings (SSSR count). The fourth-order valence-electron chi connectivity index (χ4n) is 0.821. The van der Waals surface area contributed by atoms with Gasteiger partial charge in [0.2, 0.25) is 0 Å². The topological polar surface area (TPSA) is 50.1 Å². The lowest BCUT2D eigenvalue weighted by molar-refractivity contribution is 1.13. The van der Waals surface area contributed by atoms with E-state index in [9.17, 15) is 0 Å². The minimum Gasteiger partial charge on any atom is -0.375 e. The zero-order valence-electron chi connectivity index (χ0n) is 6.87. The third-order valence-electron chi connectivity index (χ3n) is 1.36. The predicted octanol–water partition coefficient (Wildman–Crippen LogP) is 0.828. The Bertz CT molecular complexity index is 354. The van der Waals surface area contributed by atoms with Gasteiger partial charge < -0.3 is 5.73 Å². The SMILES string of the molecule is C#Cc1cccc(NNC(N)=S)c1. The molecule has 66 valence electrons. The zero-order valence-corrected chi connectivity index (χ0v) is 7.69. The fourth-order valence-corrected chi connectivity index (χ4v) is 0.872. The smallest absolute Gasteiger partial charge is 0.182 e. The average molecular weight is 191 g/mol. The maximum atomic E-state index is 5.23. The normalized spacial score (nSPS) is 8.54. The second kappa shape index (κ2) is 4.33. The Labute approximate surface area is 82.3 Å². The van der Waals surface area contributed by atoms with E-state index in [1.54, 1.807) is 0 Å². The van der Waals surface area contributed by atoms with Gasteiger partial charge in [-0.2, -0.15) is 0 Å². The van der Waals surface area contributed by atoms with Crippen molar-refractivity contribution in [3.8, 4) is 12.3 Å². The predicted molar refractivity (Wildman–Crippen MR) is 57.9 cm³/mol. The zero-order chi connectivity index (χ0) is 9.68. The van der Waals surface area contributed by atoms with Crippen LogP contribution >= 0.6 is 12.2 Å². The van der Waals surface area contributed by atoms with Crippen LogP contribution in [0.2, 0.25) is 0 Å². The number of terminal acetylenes is 1. The summed E-state index contributed by atoms with van der Waals surface area (Å²) in [5, 5.41) is 0.186. The second-order valence-corrected chi connectivity index (χ2v) is 2.78. The van der Waals surface area contributed by atoms with Crippen LogP contribution in [0.4, 0.5) is 5.69 Å². The molecule has 4 heteroatoms. The summed E-state index contributed by atoms with van der Waals surface area (Å²) in [5.41, 5.74) is 12.3. The maximum absolute atomic E-state index is 5.23. The van der Waals surface area contributed by atoms with Crippen LogP contribution < -0.4 is 16.6 Å². The molecule has 0 fully saturated rings. The molecule has 0 amide bonds. The molecule has 3 nitrogen and oxygen atoms in total. The lowest BCUT2D eigenvalue weighted by Crippen LogP contribution is -2.33. The van der Waals surface area contributed by atoms with Gasteiger partial charge in [-0.15, -0.1) is 6.42 Å². The van der Waals surface area contributed by atoms with Gasteiger partial charge in [0.15, 0.2) is 5.11 Å². The van der Waals surface area contributed by atoms with Crippen molar-refractivity contribution in [1.82, 2.24) is 5.43 Å². The molecule has 0 aliphatic carbocycles. The monoisotopic (exact) mass is 191 g/mol. The van der Waals surface area contributed by atoms with Gasteiger partial charge in [-0.1, -0.05) is 12.0 Å². The van der Waals surface area contributed by atoms with Gasteiger partial charge in [0, 0.05) is 5.56 Å². The van der Waals surface area contributed by atoms with E-state index in [0.717, 1.165) is 11.3 Å².